The minimum atomic E-state index is -0.206. The Morgan fingerprint density at radius 1 is 2.00 bits per heavy atom. The maximum Gasteiger partial charge on any atom is 0.0188 e. The fourth-order valence-corrected chi connectivity index (χ4v) is 0.692. The number of hydrogen-bond acceptors (Lipinski definition) is 2. The van der Waals surface area contributed by atoms with Crippen molar-refractivity contribution in [2.24, 2.45) is 5.92 Å². The van der Waals surface area contributed by atoms with Crippen molar-refractivity contribution in [3.63, 3.8) is 0 Å². The van der Waals surface area contributed by atoms with Gasteiger partial charge >= 0.3 is 0 Å². The van der Waals surface area contributed by atoms with E-state index in [0.717, 1.165) is 6.42 Å². The largest absolute Gasteiger partial charge is 0.741 e. The van der Waals surface area contributed by atoms with E-state index in [1.54, 1.807) is 6.08 Å². The molecule has 0 saturated carbocycles. The smallest absolute Gasteiger partial charge is 0.0188 e. The Balaban J connectivity index is 3.69. The van der Waals surface area contributed by atoms with Crippen LogP contribution >= 0.6 is 0 Å². The molecule has 0 rings (SSSR count). The van der Waals surface area contributed by atoms with E-state index in [1.807, 2.05) is 6.92 Å². The normalized spacial score (nSPS) is 12.6. The van der Waals surface area contributed by atoms with Gasteiger partial charge in [-0.2, -0.15) is 0 Å². The van der Waals surface area contributed by atoms with Gasteiger partial charge in [-0.15, -0.1) is 6.58 Å². The average Bonchev–Trinajstić information content (AvgIpc) is 1.69. The summed E-state index contributed by atoms with van der Waals surface area (Å²) in [7, 11) is 0. The van der Waals surface area contributed by atoms with E-state index in [-0.39, 0.29) is 11.0 Å². The zero-order chi connectivity index (χ0) is 6.57. The molecule has 1 unspecified atom stereocenters. The maximum atomic E-state index is 10.3. The summed E-state index contributed by atoms with van der Waals surface area (Å²) < 4.78 is 0. The minimum absolute atomic E-state index is 0.106. The number of allylic oxidation sites excluding steroid dienone is 1. The molecule has 0 aliphatic rings. The molecule has 0 bridgehead atoms. The molecule has 8 heavy (non-hydrogen) atoms. The van der Waals surface area contributed by atoms with Crippen LogP contribution in [0.5, 0.6) is 0 Å². The Morgan fingerprint density at radius 2 is 2.50 bits per heavy atom. The molecule has 0 fully saturated rings. The second-order valence-corrected chi connectivity index (χ2v) is 1.97. The van der Waals surface area contributed by atoms with E-state index in [9.17, 15) is 4.79 Å². The highest BCUT2D eigenvalue weighted by Crippen LogP contribution is 2.02. The van der Waals surface area contributed by atoms with Crippen LogP contribution in [0.2, 0.25) is 0 Å². The van der Waals surface area contributed by atoms with Crippen molar-refractivity contribution in [2.45, 2.75) is 13.3 Å². The van der Waals surface area contributed by atoms with Crippen LogP contribution in [-0.2, 0) is 17.4 Å². The molecule has 2 heteroatoms. The van der Waals surface area contributed by atoms with Gasteiger partial charge in [0.2, 0.25) is 0 Å². The van der Waals surface area contributed by atoms with Crippen LogP contribution in [-0.4, -0.2) is 5.12 Å². The molecule has 0 saturated heterocycles. The zero-order valence-corrected chi connectivity index (χ0v) is 5.70. The molecule has 0 aliphatic carbocycles. The van der Waals surface area contributed by atoms with Gasteiger partial charge in [0.25, 0.3) is 0 Å². The molecular weight excluding hydrogens is 120 g/mol. The van der Waals surface area contributed by atoms with E-state index in [2.05, 4.69) is 19.2 Å². The van der Waals surface area contributed by atoms with Gasteiger partial charge in [-0.1, -0.05) is 13.0 Å². The Kier molecular flexibility index (Phi) is 3.44. The van der Waals surface area contributed by atoms with Gasteiger partial charge < -0.3 is 17.4 Å². The third-order valence-corrected chi connectivity index (χ3v) is 1.33. The lowest BCUT2D eigenvalue weighted by Gasteiger charge is -2.10. The number of hydrogen-bond donors (Lipinski definition) is 0. The Bertz CT molecular complexity index is 98.7. The summed E-state index contributed by atoms with van der Waals surface area (Å²) in [6.45, 7) is 5.38. The SMILES string of the molecule is C=CC(CC)C(=O)[S-]. The minimum Gasteiger partial charge on any atom is -0.741 e. The molecule has 0 aromatic heterocycles. The molecule has 0 radical (unpaired) electrons. The lowest BCUT2D eigenvalue weighted by molar-refractivity contribution is -0.113. The summed E-state index contributed by atoms with van der Waals surface area (Å²) in [4.78, 5) is 10.3. The molecule has 0 amide bonds. The molecule has 0 spiro atoms. The van der Waals surface area contributed by atoms with Crippen molar-refractivity contribution < 1.29 is 4.79 Å². The molecule has 0 aromatic rings. The van der Waals surface area contributed by atoms with Crippen LogP contribution in [0.4, 0.5) is 0 Å². The van der Waals surface area contributed by atoms with Gasteiger partial charge in [0.05, 0.1) is 0 Å². The molecule has 0 heterocycles. The Hall–Kier alpha value is -0.370. The van der Waals surface area contributed by atoms with Crippen molar-refractivity contribution in [1.29, 1.82) is 0 Å². The third kappa shape index (κ3) is 2.07. The van der Waals surface area contributed by atoms with E-state index < -0.39 is 0 Å². The van der Waals surface area contributed by atoms with Gasteiger partial charge in [0.15, 0.2) is 0 Å². The summed E-state index contributed by atoms with van der Waals surface area (Å²) >= 11 is 4.39. The highest BCUT2D eigenvalue weighted by molar-refractivity contribution is 7.77. The summed E-state index contributed by atoms with van der Waals surface area (Å²) in [5.41, 5.74) is 0. The van der Waals surface area contributed by atoms with Gasteiger partial charge in [0.1, 0.15) is 0 Å². The molecule has 46 valence electrons. The van der Waals surface area contributed by atoms with Crippen molar-refractivity contribution in [3.05, 3.63) is 12.7 Å². The topological polar surface area (TPSA) is 17.1 Å². The summed E-state index contributed by atoms with van der Waals surface area (Å²) in [6, 6.07) is 0. The third-order valence-electron chi connectivity index (χ3n) is 1.03. The number of carbonyl (C=O) groups is 1. The first-order valence-corrected chi connectivity index (χ1v) is 2.96. The van der Waals surface area contributed by atoms with Crippen LogP contribution in [0.25, 0.3) is 0 Å². The monoisotopic (exact) mass is 129 g/mol. The standard InChI is InChI=1S/C6H10OS/c1-3-5(4-2)6(7)8/h3,5H,1,4H2,2H3,(H,7,8)/p-1. The van der Waals surface area contributed by atoms with E-state index in [4.69, 9.17) is 0 Å². The molecule has 1 atom stereocenters. The van der Waals surface area contributed by atoms with E-state index in [1.165, 1.54) is 0 Å². The molecule has 0 aromatic carbocycles. The van der Waals surface area contributed by atoms with Gasteiger partial charge in [-0.05, 0) is 6.42 Å². The highest BCUT2D eigenvalue weighted by atomic mass is 32.1. The maximum absolute atomic E-state index is 10.3. The van der Waals surface area contributed by atoms with Crippen molar-refractivity contribution >= 4 is 17.7 Å². The Labute approximate surface area is 55.2 Å². The van der Waals surface area contributed by atoms with Gasteiger partial charge in [-0.25, -0.2) is 0 Å². The highest BCUT2D eigenvalue weighted by Gasteiger charge is 1.97. The first kappa shape index (κ1) is 7.63. The van der Waals surface area contributed by atoms with Crippen LogP contribution in [0.1, 0.15) is 13.3 Å². The first-order chi connectivity index (χ1) is 3.72. The fraction of sp³-hybridized carbons (Fsp3) is 0.500. The van der Waals surface area contributed by atoms with Crippen LogP contribution < -0.4 is 0 Å². The second-order valence-electron chi connectivity index (χ2n) is 1.57. The number of rotatable bonds is 3. The quantitative estimate of drug-likeness (QED) is 0.421. The van der Waals surface area contributed by atoms with Crippen molar-refractivity contribution in [3.8, 4) is 0 Å². The predicted molar refractivity (Wildman–Crippen MR) is 36.4 cm³/mol. The summed E-state index contributed by atoms with van der Waals surface area (Å²) in [5, 5.41) is -0.206. The molecule has 0 N–H and O–H groups in total. The molecule has 1 nitrogen and oxygen atoms in total. The van der Waals surface area contributed by atoms with Crippen molar-refractivity contribution in [2.75, 3.05) is 0 Å². The van der Waals surface area contributed by atoms with Crippen LogP contribution in [0.15, 0.2) is 12.7 Å². The second kappa shape index (κ2) is 3.61. The predicted octanol–water partition coefficient (Wildman–Crippen LogP) is 1.27. The fourth-order valence-electron chi connectivity index (χ4n) is 0.430. The molecular formula is C6H9OS-. The van der Waals surface area contributed by atoms with Gasteiger partial charge in [-0.3, -0.25) is 0 Å². The van der Waals surface area contributed by atoms with E-state index >= 15 is 0 Å². The lowest BCUT2D eigenvalue weighted by Crippen LogP contribution is -2.05. The lowest BCUT2D eigenvalue weighted by atomic mass is 10.1. The van der Waals surface area contributed by atoms with Gasteiger partial charge in [0, 0.05) is 11.0 Å². The zero-order valence-electron chi connectivity index (χ0n) is 4.89. The van der Waals surface area contributed by atoms with E-state index in [0.29, 0.717) is 0 Å². The molecule has 0 aliphatic heterocycles. The van der Waals surface area contributed by atoms with Crippen molar-refractivity contribution in [1.82, 2.24) is 0 Å². The summed E-state index contributed by atoms with van der Waals surface area (Å²) in [6.07, 6.45) is 2.36. The number of carbonyl (C=O) groups excluding carboxylic acids is 1. The summed E-state index contributed by atoms with van der Waals surface area (Å²) in [5.74, 6) is -0.106. The Morgan fingerprint density at radius 3 is 2.50 bits per heavy atom. The first-order valence-electron chi connectivity index (χ1n) is 2.55. The van der Waals surface area contributed by atoms with Crippen LogP contribution in [0.3, 0.4) is 0 Å². The van der Waals surface area contributed by atoms with Crippen LogP contribution in [0, 0.1) is 5.92 Å². The average molecular weight is 129 g/mol.